The number of rotatable bonds is 6. The number of aromatic nitrogens is 1. The summed E-state index contributed by atoms with van der Waals surface area (Å²) in [5.41, 5.74) is 1.19. The van der Waals surface area contributed by atoms with Crippen molar-refractivity contribution in [2.45, 2.75) is 33.2 Å². The number of hydrogen-bond donors (Lipinski definition) is 0. The maximum atomic E-state index is 5.17. The lowest BCUT2D eigenvalue weighted by atomic mass is 10.2. The summed E-state index contributed by atoms with van der Waals surface area (Å²) in [4.78, 5) is 6.83. The van der Waals surface area contributed by atoms with Crippen LogP contribution in [0.25, 0.3) is 0 Å². The van der Waals surface area contributed by atoms with Crippen LogP contribution in [0.4, 0.5) is 5.82 Å². The normalized spacial score (nSPS) is 12.5. The van der Waals surface area contributed by atoms with E-state index in [1.54, 1.807) is 7.11 Å². The molecule has 0 saturated heterocycles. The number of nitrogens with zero attached hydrogens (tertiary/aromatic N) is 2. The van der Waals surface area contributed by atoms with Gasteiger partial charge in [-0.15, -0.1) is 0 Å². The first kappa shape index (κ1) is 14.5. The molecule has 1 unspecified atom stereocenters. The van der Waals surface area contributed by atoms with E-state index in [0.717, 1.165) is 29.9 Å². The van der Waals surface area contributed by atoms with Crippen molar-refractivity contribution in [2.24, 2.45) is 0 Å². The second kappa shape index (κ2) is 6.97. The molecule has 0 aromatic carbocycles. The van der Waals surface area contributed by atoms with Crippen molar-refractivity contribution in [2.75, 3.05) is 25.2 Å². The number of anilines is 1. The highest BCUT2D eigenvalue weighted by molar-refractivity contribution is 9.10. The van der Waals surface area contributed by atoms with Gasteiger partial charge in [-0.3, -0.25) is 0 Å². The van der Waals surface area contributed by atoms with Crippen molar-refractivity contribution >= 4 is 21.7 Å². The molecule has 17 heavy (non-hydrogen) atoms. The van der Waals surface area contributed by atoms with E-state index in [-0.39, 0.29) is 0 Å². The van der Waals surface area contributed by atoms with Crippen LogP contribution >= 0.6 is 15.9 Å². The van der Waals surface area contributed by atoms with E-state index in [9.17, 15) is 0 Å². The minimum absolute atomic E-state index is 0.470. The molecular formula is C13H21BrN2O. The molecule has 0 fully saturated rings. The van der Waals surface area contributed by atoms with Crippen LogP contribution in [0.2, 0.25) is 0 Å². The van der Waals surface area contributed by atoms with E-state index in [1.807, 2.05) is 6.20 Å². The first-order valence-electron chi connectivity index (χ1n) is 5.97. The third-order valence-corrected chi connectivity index (χ3v) is 3.38. The zero-order valence-electron chi connectivity index (χ0n) is 11.0. The number of ether oxygens (including phenoxy) is 1. The molecule has 1 aromatic heterocycles. The summed E-state index contributed by atoms with van der Waals surface area (Å²) in [6.07, 6.45) is 2.95. The molecule has 0 amide bonds. The van der Waals surface area contributed by atoms with Crippen LogP contribution in [0.3, 0.4) is 0 Å². The van der Waals surface area contributed by atoms with Gasteiger partial charge < -0.3 is 9.64 Å². The molecule has 1 rings (SSSR count). The summed E-state index contributed by atoms with van der Waals surface area (Å²) < 4.78 is 6.20. The zero-order valence-corrected chi connectivity index (χ0v) is 12.6. The third-order valence-electron chi connectivity index (χ3n) is 2.95. The predicted molar refractivity (Wildman–Crippen MR) is 75.6 cm³/mol. The first-order valence-corrected chi connectivity index (χ1v) is 6.77. The fourth-order valence-corrected chi connectivity index (χ4v) is 2.22. The minimum atomic E-state index is 0.470. The molecule has 0 N–H and O–H groups in total. The maximum Gasteiger partial charge on any atom is 0.131 e. The van der Waals surface area contributed by atoms with Crippen LogP contribution in [-0.2, 0) is 4.74 Å². The quantitative estimate of drug-likeness (QED) is 0.805. The highest BCUT2D eigenvalue weighted by Crippen LogP contribution is 2.23. The Morgan fingerprint density at radius 3 is 2.76 bits per heavy atom. The summed E-state index contributed by atoms with van der Waals surface area (Å²) in [5, 5.41) is 0. The van der Waals surface area contributed by atoms with Crippen molar-refractivity contribution in [3.05, 3.63) is 22.3 Å². The maximum absolute atomic E-state index is 5.17. The lowest BCUT2D eigenvalue weighted by Gasteiger charge is -2.30. The van der Waals surface area contributed by atoms with Crippen molar-refractivity contribution in [3.8, 4) is 0 Å². The molecule has 0 aliphatic carbocycles. The van der Waals surface area contributed by atoms with E-state index >= 15 is 0 Å². The number of hydrogen-bond acceptors (Lipinski definition) is 3. The van der Waals surface area contributed by atoms with Crippen LogP contribution in [0.1, 0.15) is 25.8 Å². The molecule has 4 heteroatoms. The fraction of sp³-hybridized carbons (Fsp3) is 0.615. The fourth-order valence-electron chi connectivity index (χ4n) is 1.78. The Bertz CT molecular complexity index is 357. The molecule has 3 nitrogen and oxygen atoms in total. The number of pyridine rings is 1. The Morgan fingerprint density at radius 1 is 1.53 bits per heavy atom. The van der Waals surface area contributed by atoms with Crippen LogP contribution in [0.15, 0.2) is 16.7 Å². The van der Waals surface area contributed by atoms with Gasteiger partial charge in [-0.25, -0.2) is 4.98 Å². The standard InChI is InChI=1S/C13H21BrN2O/c1-5-11(3)16(6-7-17-4)13-10(2)8-12(14)9-15-13/h8-9,11H,5-7H2,1-4H3. The number of aryl methyl sites for hydroxylation is 1. The third kappa shape index (κ3) is 3.96. The molecular weight excluding hydrogens is 280 g/mol. The van der Waals surface area contributed by atoms with Crippen LogP contribution in [0.5, 0.6) is 0 Å². The number of methoxy groups -OCH3 is 1. The molecule has 1 aromatic rings. The Labute approximate surface area is 112 Å². The van der Waals surface area contributed by atoms with Gasteiger partial charge in [-0.2, -0.15) is 0 Å². The second-order valence-electron chi connectivity index (χ2n) is 4.24. The van der Waals surface area contributed by atoms with Gasteiger partial charge in [0.25, 0.3) is 0 Å². The lowest BCUT2D eigenvalue weighted by molar-refractivity contribution is 0.203. The summed E-state index contributed by atoms with van der Waals surface area (Å²) in [6.45, 7) is 8.11. The van der Waals surface area contributed by atoms with Crippen molar-refractivity contribution in [3.63, 3.8) is 0 Å². The molecule has 0 aliphatic heterocycles. The van der Waals surface area contributed by atoms with Gasteiger partial charge in [-0.1, -0.05) is 6.92 Å². The molecule has 0 radical (unpaired) electrons. The smallest absolute Gasteiger partial charge is 0.131 e. The molecule has 0 aliphatic rings. The van der Waals surface area contributed by atoms with Gasteiger partial charge in [0.2, 0.25) is 0 Å². The summed E-state index contributed by atoms with van der Waals surface area (Å²) in [5.74, 6) is 1.06. The molecule has 0 saturated carbocycles. The average Bonchev–Trinajstić information content (AvgIpc) is 2.31. The SMILES string of the molecule is CCC(C)N(CCOC)c1ncc(Br)cc1C. The molecule has 0 spiro atoms. The van der Waals surface area contributed by atoms with Gasteiger partial charge in [0, 0.05) is 30.4 Å². The van der Waals surface area contributed by atoms with Crippen molar-refractivity contribution in [1.29, 1.82) is 0 Å². The minimum Gasteiger partial charge on any atom is -0.383 e. The van der Waals surface area contributed by atoms with Gasteiger partial charge in [-0.05, 0) is 47.8 Å². The van der Waals surface area contributed by atoms with Crippen LogP contribution < -0.4 is 4.90 Å². The van der Waals surface area contributed by atoms with Crippen LogP contribution in [-0.4, -0.2) is 31.3 Å². The summed E-state index contributed by atoms with van der Waals surface area (Å²) >= 11 is 3.45. The van der Waals surface area contributed by atoms with E-state index < -0.39 is 0 Å². The van der Waals surface area contributed by atoms with Gasteiger partial charge in [0.05, 0.1) is 6.61 Å². The molecule has 96 valence electrons. The topological polar surface area (TPSA) is 25.4 Å². The monoisotopic (exact) mass is 300 g/mol. The Kier molecular flexibility index (Phi) is 5.92. The lowest BCUT2D eigenvalue weighted by Crippen LogP contribution is -2.36. The molecule has 1 heterocycles. The number of halogens is 1. The Hall–Kier alpha value is -0.610. The first-order chi connectivity index (χ1) is 8.10. The molecule has 1 atom stereocenters. The molecule has 0 bridgehead atoms. The second-order valence-corrected chi connectivity index (χ2v) is 5.15. The highest BCUT2D eigenvalue weighted by atomic mass is 79.9. The van der Waals surface area contributed by atoms with Crippen molar-refractivity contribution < 1.29 is 4.74 Å². The van der Waals surface area contributed by atoms with E-state index in [2.05, 4.69) is 52.7 Å². The Balaban J connectivity index is 2.95. The van der Waals surface area contributed by atoms with Gasteiger partial charge >= 0.3 is 0 Å². The average molecular weight is 301 g/mol. The summed E-state index contributed by atoms with van der Waals surface area (Å²) in [6, 6.07) is 2.57. The van der Waals surface area contributed by atoms with Crippen molar-refractivity contribution in [1.82, 2.24) is 4.98 Å². The summed E-state index contributed by atoms with van der Waals surface area (Å²) in [7, 11) is 1.73. The van der Waals surface area contributed by atoms with E-state index in [0.29, 0.717) is 6.04 Å². The predicted octanol–water partition coefficient (Wildman–Crippen LogP) is 3.40. The van der Waals surface area contributed by atoms with Gasteiger partial charge in [0.1, 0.15) is 5.82 Å². The van der Waals surface area contributed by atoms with Gasteiger partial charge in [0.15, 0.2) is 0 Å². The Morgan fingerprint density at radius 2 is 2.24 bits per heavy atom. The highest BCUT2D eigenvalue weighted by Gasteiger charge is 2.16. The zero-order chi connectivity index (χ0) is 12.8. The van der Waals surface area contributed by atoms with Crippen LogP contribution in [0, 0.1) is 6.92 Å². The largest absolute Gasteiger partial charge is 0.383 e. The van der Waals surface area contributed by atoms with E-state index in [1.165, 1.54) is 5.56 Å². The van der Waals surface area contributed by atoms with E-state index in [4.69, 9.17) is 4.74 Å².